The van der Waals surface area contributed by atoms with Crippen molar-refractivity contribution in [1.29, 1.82) is 5.26 Å². The lowest BCUT2D eigenvalue weighted by Crippen LogP contribution is -2.56. The van der Waals surface area contributed by atoms with E-state index in [1.54, 1.807) is 14.2 Å². The highest BCUT2D eigenvalue weighted by molar-refractivity contribution is 6.08. The number of fused-ring (bicyclic) bond motifs is 3. The Hall–Kier alpha value is -2.39. The third kappa shape index (κ3) is 1.93. The fraction of sp³-hybridized carbons (Fsp3) is 0.571. The van der Waals surface area contributed by atoms with Crippen LogP contribution < -0.4 is 5.73 Å². The smallest absolute Gasteiger partial charge is 0.262 e. The molecule has 6 heteroatoms. The molecule has 2 spiro atoms. The molecule has 0 bridgehead atoms. The van der Waals surface area contributed by atoms with Crippen molar-refractivity contribution >= 4 is 11.9 Å². The summed E-state index contributed by atoms with van der Waals surface area (Å²) in [5.74, 6) is 0.164. The van der Waals surface area contributed by atoms with Crippen molar-refractivity contribution in [3.8, 4) is 6.07 Å². The molecule has 2 aliphatic carbocycles. The number of nitrogens with zero attached hydrogens (tertiary/aromatic N) is 3. The van der Waals surface area contributed by atoms with Crippen LogP contribution in [0.3, 0.4) is 0 Å². The summed E-state index contributed by atoms with van der Waals surface area (Å²) in [4.78, 5) is 19.9. The number of nitriles is 1. The molecule has 1 aliphatic heterocycles. The van der Waals surface area contributed by atoms with Gasteiger partial charge in [-0.1, -0.05) is 19.9 Å². The number of carbonyl (C=O) groups excluding carboxylic acids is 1. The van der Waals surface area contributed by atoms with Crippen LogP contribution in [0.25, 0.3) is 0 Å². The van der Waals surface area contributed by atoms with Crippen LogP contribution in [0.2, 0.25) is 0 Å². The summed E-state index contributed by atoms with van der Waals surface area (Å²) in [6.45, 7) is 4.41. The molecule has 4 rings (SSSR count). The van der Waals surface area contributed by atoms with Crippen molar-refractivity contribution in [2.24, 2.45) is 16.1 Å². The Morgan fingerprint density at radius 3 is 2.48 bits per heavy atom. The van der Waals surface area contributed by atoms with Crippen molar-refractivity contribution in [2.45, 2.75) is 56.6 Å². The average Bonchev–Trinajstić information content (AvgIpc) is 2.99. The predicted octanol–water partition coefficient (Wildman–Crippen LogP) is 2.41. The molecule has 1 fully saturated rings. The first-order valence-corrected chi connectivity index (χ1v) is 9.46. The summed E-state index contributed by atoms with van der Waals surface area (Å²) >= 11 is 0. The van der Waals surface area contributed by atoms with Crippen molar-refractivity contribution in [3.05, 3.63) is 34.9 Å². The monoisotopic (exact) mass is 366 g/mol. The van der Waals surface area contributed by atoms with Gasteiger partial charge in [-0.25, -0.2) is 4.99 Å². The fourth-order valence-electron chi connectivity index (χ4n) is 5.86. The Bertz CT molecular complexity index is 890. The van der Waals surface area contributed by atoms with Crippen molar-refractivity contribution in [1.82, 2.24) is 4.90 Å². The summed E-state index contributed by atoms with van der Waals surface area (Å²) in [5, 5.41) is 9.45. The molecule has 142 valence electrons. The number of benzene rings is 1. The van der Waals surface area contributed by atoms with Gasteiger partial charge in [0.25, 0.3) is 5.91 Å². The minimum atomic E-state index is -1.06. The zero-order valence-electron chi connectivity index (χ0n) is 16.4. The van der Waals surface area contributed by atoms with E-state index in [0.717, 1.165) is 36.8 Å². The highest BCUT2D eigenvalue weighted by atomic mass is 16.5. The third-order valence-corrected chi connectivity index (χ3v) is 7.46. The third-order valence-electron chi connectivity index (χ3n) is 7.46. The van der Waals surface area contributed by atoms with E-state index < -0.39 is 11.0 Å². The number of guanidine groups is 1. The van der Waals surface area contributed by atoms with Gasteiger partial charge in [0, 0.05) is 19.6 Å². The first-order valence-electron chi connectivity index (χ1n) is 9.46. The lowest BCUT2D eigenvalue weighted by Gasteiger charge is -2.52. The number of ether oxygens (including phenoxy) is 1. The zero-order chi connectivity index (χ0) is 19.6. The lowest BCUT2D eigenvalue weighted by atomic mass is 9.52. The summed E-state index contributed by atoms with van der Waals surface area (Å²) < 4.78 is 5.60. The topological polar surface area (TPSA) is 91.7 Å². The number of amides is 1. The van der Waals surface area contributed by atoms with Gasteiger partial charge in [0.05, 0.1) is 17.7 Å². The largest absolute Gasteiger partial charge is 0.381 e. The first-order chi connectivity index (χ1) is 12.7. The van der Waals surface area contributed by atoms with Gasteiger partial charge in [-0.05, 0) is 54.4 Å². The van der Waals surface area contributed by atoms with Crippen LogP contribution in [0.4, 0.5) is 0 Å². The molecule has 1 saturated carbocycles. The van der Waals surface area contributed by atoms with Crippen LogP contribution in [0.15, 0.2) is 23.2 Å². The number of nitrogens with two attached hydrogens (primary N) is 1. The number of aliphatic imine (C=N–C) groups is 1. The first kappa shape index (κ1) is 18.0. The molecule has 27 heavy (non-hydrogen) atoms. The summed E-state index contributed by atoms with van der Waals surface area (Å²) in [6.07, 6.45) is 3.62. The molecule has 0 saturated heterocycles. The van der Waals surface area contributed by atoms with Gasteiger partial charge < -0.3 is 10.5 Å². The van der Waals surface area contributed by atoms with Crippen molar-refractivity contribution in [2.75, 3.05) is 14.2 Å². The maximum Gasteiger partial charge on any atom is 0.262 e. The molecule has 6 nitrogen and oxygen atoms in total. The zero-order valence-corrected chi connectivity index (χ0v) is 16.4. The van der Waals surface area contributed by atoms with Crippen molar-refractivity contribution in [3.63, 3.8) is 0 Å². The Morgan fingerprint density at radius 2 is 1.96 bits per heavy atom. The Kier molecular flexibility index (Phi) is 3.70. The van der Waals surface area contributed by atoms with Crippen LogP contribution in [0.1, 0.15) is 56.2 Å². The normalized spacial score (nSPS) is 34.0. The highest BCUT2D eigenvalue weighted by Gasteiger charge is 2.72. The highest BCUT2D eigenvalue weighted by Crippen LogP contribution is 2.69. The minimum Gasteiger partial charge on any atom is -0.381 e. The molecule has 3 aliphatic rings. The van der Waals surface area contributed by atoms with Crippen LogP contribution in [0.5, 0.6) is 0 Å². The number of methoxy groups -OCH3 is 1. The molecule has 1 aromatic rings. The molecule has 2 N–H and O–H groups in total. The lowest BCUT2D eigenvalue weighted by molar-refractivity contribution is -0.140. The Balaban J connectivity index is 2.02. The molecule has 0 radical (unpaired) electrons. The predicted molar refractivity (Wildman–Crippen MR) is 102 cm³/mol. The van der Waals surface area contributed by atoms with Crippen LogP contribution in [-0.2, 0) is 20.5 Å². The van der Waals surface area contributed by atoms with Gasteiger partial charge in [0.1, 0.15) is 0 Å². The Labute approximate surface area is 160 Å². The van der Waals surface area contributed by atoms with E-state index in [-0.39, 0.29) is 23.4 Å². The molecular formula is C21H26N4O2. The molecular weight excluding hydrogens is 340 g/mol. The minimum absolute atomic E-state index is 0.0854. The molecule has 1 atom stereocenters. The molecule has 0 aromatic heterocycles. The summed E-state index contributed by atoms with van der Waals surface area (Å²) in [5.41, 5.74) is 6.91. The van der Waals surface area contributed by atoms with E-state index in [4.69, 9.17) is 15.5 Å². The maximum absolute atomic E-state index is 13.6. The van der Waals surface area contributed by atoms with Gasteiger partial charge in [-0.15, -0.1) is 0 Å². The van der Waals surface area contributed by atoms with Crippen LogP contribution in [-0.4, -0.2) is 37.0 Å². The standard InChI is InChI=1S/C21H26N4O2/c1-19(2)15-6-5-13(12-22)11-16(15)21(17(26)25(3)18(23)24-21)20(19)9-7-14(27-4)8-10-20/h5-6,11,14H,7-10H2,1-4H3,(H2,23,24). The molecule has 1 aromatic carbocycles. The second-order valence-electron chi connectivity index (χ2n) is 8.56. The SMILES string of the molecule is COC1CCC2(CC1)C(C)(C)c1ccc(C#N)cc1C21N=C(N)N(C)C1=O. The molecule has 1 amide bonds. The van der Waals surface area contributed by atoms with E-state index in [1.807, 2.05) is 18.2 Å². The van der Waals surface area contributed by atoms with E-state index in [9.17, 15) is 10.1 Å². The van der Waals surface area contributed by atoms with Gasteiger partial charge in [0.2, 0.25) is 0 Å². The van der Waals surface area contributed by atoms with E-state index in [0.29, 0.717) is 5.56 Å². The second kappa shape index (κ2) is 5.56. The summed E-state index contributed by atoms with van der Waals surface area (Å²) in [7, 11) is 3.43. The van der Waals surface area contributed by atoms with Crippen LogP contribution in [0, 0.1) is 16.7 Å². The molecule has 1 unspecified atom stereocenters. The average molecular weight is 366 g/mol. The van der Waals surface area contributed by atoms with Gasteiger partial charge in [-0.3, -0.25) is 9.69 Å². The quantitative estimate of drug-likeness (QED) is 0.826. The Morgan fingerprint density at radius 1 is 1.30 bits per heavy atom. The number of likely N-dealkylation sites (N-methyl/N-ethyl adjacent to an activating group) is 1. The maximum atomic E-state index is 13.6. The number of hydrogen-bond acceptors (Lipinski definition) is 5. The van der Waals surface area contributed by atoms with Gasteiger partial charge in [0.15, 0.2) is 11.5 Å². The van der Waals surface area contributed by atoms with E-state index in [1.165, 1.54) is 4.90 Å². The van der Waals surface area contributed by atoms with Crippen LogP contribution >= 0.6 is 0 Å². The summed E-state index contributed by atoms with van der Waals surface area (Å²) in [6, 6.07) is 7.90. The van der Waals surface area contributed by atoms with Gasteiger partial charge in [-0.2, -0.15) is 5.26 Å². The van der Waals surface area contributed by atoms with E-state index >= 15 is 0 Å². The van der Waals surface area contributed by atoms with Gasteiger partial charge >= 0.3 is 0 Å². The number of carbonyl (C=O) groups is 1. The molecule has 1 heterocycles. The number of hydrogen-bond donors (Lipinski definition) is 1. The second-order valence-corrected chi connectivity index (χ2v) is 8.56. The number of rotatable bonds is 1. The van der Waals surface area contributed by atoms with Crippen molar-refractivity contribution < 1.29 is 9.53 Å². The fourth-order valence-corrected chi connectivity index (χ4v) is 5.86. The van der Waals surface area contributed by atoms with E-state index in [2.05, 4.69) is 19.9 Å².